The van der Waals surface area contributed by atoms with Crippen molar-refractivity contribution in [1.29, 1.82) is 0 Å². The van der Waals surface area contributed by atoms with Crippen LogP contribution in [0.25, 0.3) is 11.5 Å². The number of carboxylic acid groups (broad SMARTS) is 1. The van der Waals surface area contributed by atoms with Crippen molar-refractivity contribution in [3.8, 4) is 11.5 Å². The number of carboxylic acids is 1. The van der Waals surface area contributed by atoms with Gasteiger partial charge in [0.15, 0.2) is 5.69 Å². The molecule has 1 amide bonds. The topological polar surface area (TPSA) is 105 Å². The molecule has 18 heavy (non-hydrogen) atoms. The Balaban J connectivity index is 2.32. The summed E-state index contributed by atoms with van der Waals surface area (Å²) in [5.41, 5.74) is 0.351. The number of nitrogens with zero attached hydrogens (tertiary/aromatic N) is 2. The van der Waals surface area contributed by atoms with Crippen molar-refractivity contribution >= 4 is 17.7 Å². The number of anilines is 1. The first kappa shape index (κ1) is 11.8. The van der Waals surface area contributed by atoms with Gasteiger partial charge in [0, 0.05) is 18.7 Å². The van der Waals surface area contributed by atoms with Crippen LogP contribution in [0.2, 0.25) is 0 Å². The van der Waals surface area contributed by atoms with Crippen LogP contribution in [0, 0.1) is 0 Å². The van der Waals surface area contributed by atoms with Crippen molar-refractivity contribution in [2.45, 2.75) is 6.92 Å². The molecule has 0 fully saturated rings. The van der Waals surface area contributed by atoms with E-state index in [4.69, 9.17) is 9.52 Å². The molecule has 2 aromatic rings. The summed E-state index contributed by atoms with van der Waals surface area (Å²) in [6, 6.07) is 3.14. The number of hydrogen-bond acceptors (Lipinski definition) is 5. The number of hydrogen-bond donors (Lipinski definition) is 2. The third-order valence-corrected chi connectivity index (χ3v) is 2.03. The summed E-state index contributed by atoms with van der Waals surface area (Å²) in [6.45, 7) is 1.36. The van der Waals surface area contributed by atoms with Gasteiger partial charge in [0.2, 0.25) is 11.8 Å². The second kappa shape index (κ2) is 4.66. The molecule has 0 saturated heterocycles. The summed E-state index contributed by atoms with van der Waals surface area (Å²) in [5, 5.41) is 11.2. The summed E-state index contributed by atoms with van der Waals surface area (Å²) < 4.78 is 5.04. The Kier molecular flexibility index (Phi) is 3.05. The minimum absolute atomic E-state index is 0.154. The highest BCUT2D eigenvalue weighted by atomic mass is 16.4. The Morgan fingerprint density at radius 3 is 2.83 bits per heavy atom. The van der Waals surface area contributed by atoms with Crippen LogP contribution in [0.4, 0.5) is 5.82 Å². The van der Waals surface area contributed by atoms with Gasteiger partial charge in [-0.3, -0.25) is 4.79 Å². The molecule has 0 aliphatic rings. The van der Waals surface area contributed by atoms with Crippen molar-refractivity contribution in [2.75, 3.05) is 5.32 Å². The quantitative estimate of drug-likeness (QED) is 0.849. The SMILES string of the molecule is CC(=O)Nc1cc(-c2nc(C(=O)O)co2)ccn1. The molecule has 2 aromatic heterocycles. The number of carbonyl (C=O) groups is 2. The van der Waals surface area contributed by atoms with Gasteiger partial charge in [-0.15, -0.1) is 0 Å². The number of oxazole rings is 1. The third-order valence-electron chi connectivity index (χ3n) is 2.03. The van der Waals surface area contributed by atoms with Gasteiger partial charge in [-0.2, -0.15) is 0 Å². The number of aromatic carboxylic acids is 1. The molecule has 0 radical (unpaired) electrons. The first-order valence-corrected chi connectivity index (χ1v) is 4.99. The largest absolute Gasteiger partial charge is 0.476 e. The number of pyridine rings is 1. The number of carbonyl (C=O) groups excluding carboxylic acids is 1. The van der Waals surface area contributed by atoms with E-state index in [1.54, 1.807) is 12.1 Å². The van der Waals surface area contributed by atoms with Crippen LogP contribution in [0.5, 0.6) is 0 Å². The Labute approximate surface area is 101 Å². The summed E-state index contributed by atoms with van der Waals surface area (Å²) in [6.07, 6.45) is 2.52. The molecule has 0 spiro atoms. The average Bonchev–Trinajstić information content (AvgIpc) is 2.77. The first-order valence-electron chi connectivity index (χ1n) is 4.99. The average molecular weight is 247 g/mol. The first-order chi connectivity index (χ1) is 8.56. The second-order valence-corrected chi connectivity index (χ2v) is 3.45. The zero-order valence-corrected chi connectivity index (χ0v) is 9.38. The lowest BCUT2D eigenvalue weighted by atomic mass is 10.2. The monoisotopic (exact) mass is 247 g/mol. The van der Waals surface area contributed by atoms with E-state index in [1.165, 1.54) is 13.1 Å². The smallest absolute Gasteiger partial charge is 0.357 e. The fourth-order valence-corrected chi connectivity index (χ4v) is 1.32. The molecule has 0 aromatic carbocycles. The van der Waals surface area contributed by atoms with Gasteiger partial charge >= 0.3 is 5.97 Å². The number of aromatic nitrogens is 2. The highest BCUT2D eigenvalue weighted by molar-refractivity contribution is 5.88. The fourth-order valence-electron chi connectivity index (χ4n) is 1.32. The standard InChI is InChI=1S/C11H9N3O4/c1-6(15)13-9-4-7(2-3-12-9)10-14-8(5-18-10)11(16)17/h2-5H,1H3,(H,16,17)(H,12,13,15). The van der Waals surface area contributed by atoms with E-state index < -0.39 is 5.97 Å². The van der Waals surface area contributed by atoms with Crippen LogP contribution in [-0.2, 0) is 4.79 Å². The maximum Gasteiger partial charge on any atom is 0.357 e. The van der Waals surface area contributed by atoms with Crippen LogP contribution < -0.4 is 5.32 Å². The lowest BCUT2D eigenvalue weighted by Crippen LogP contribution is -2.07. The van der Waals surface area contributed by atoms with Gasteiger partial charge in [-0.25, -0.2) is 14.8 Å². The van der Waals surface area contributed by atoms with Crippen molar-refractivity contribution in [1.82, 2.24) is 9.97 Å². The zero-order chi connectivity index (χ0) is 13.1. The maximum atomic E-state index is 10.9. The van der Waals surface area contributed by atoms with E-state index in [0.717, 1.165) is 6.26 Å². The van der Waals surface area contributed by atoms with Gasteiger partial charge in [0.25, 0.3) is 0 Å². The molecule has 0 saturated carbocycles. The van der Waals surface area contributed by atoms with E-state index in [9.17, 15) is 9.59 Å². The van der Waals surface area contributed by atoms with Gasteiger partial charge in [0.1, 0.15) is 12.1 Å². The molecule has 7 heteroatoms. The van der Waals surface area contributed by atoms with Gasteiger partial charge in [-0.1, -0.05) is 0 Å². The zero-order valence-electron chi connectivity index (χ0n) is 9.38. The highest BCUT2D eigenvalue weighted by Gasteiger charge is 2.12. The Morgan fingerprint density at radius 2 is 2.22 bits per heavy atom. The predicted molar refractivity (Wildman–Crippen MR) is 61.0 cm³/mol. The van der Waals surface area contributed by atoms with Crippen LogP contribution in [-0.4, -0.2) is 27.0 Å². The second-order valence-electron chi connectivity index (χ2n) is 3.45. The number of amides is 1. The lowest BCUT2D eigenvalue weighted by Gasteiger charge is -2.01. The Hall–Kier alpha value is -2.70. The molecular formula is C11H9N3O4. The van der Waals surface area contributed by atoms with Crippen LogP contribution in [0.15, 0.2) is 29.0 Å². The van der Waals surface area contributed by atoms with Crippen molar-refractivity contribution in [2.24, 2.45) is 0 Å². The van der Waals surface area contributed by atoms with Crippen molar-refractivity contribution in [3.05, 3.63) is 30.3 Å². The highest BCUT2D eigenvalue weighted by Crippen LogP contribution is 2.20. The lowest BCUT2D eigenvalue weighted by molar-refractivity contribution is -0.114. The normalized spacial score (nSPS) is 10.1. The molecule has 2 rings (SSSR count). The van der Waals surface area contributed by atoms with E-state index in [1.807, 2.05) is 0 Å². The summed E-state index contributed by atoms with van der Waals surface area (Å²) in [5.74, 6) is -0.920. The van der Waals surface area contributed by atoms with E-state index in [0.29, 0.717) is 11.4 Å². The summed E-state index contributed by atoms with van der Waals surface area (Å²) in [7, 11) is 0. The maximum absolute atomic E-state index is 10.9. The van der Waals surface area contributed by atoms with Crippen LogP contribution in [0.3, 0.4) is 0 Å². The van der Waals surface area contributed by atoms with Crippen LogP contribution in [0.1, 0.15) is 17.4 Å². The van der Waals surface area contributed by atoms with Crippen LogP contribution >= 0.6 is 0 Å². The molecule has 2 heterocycles. The van der Waals surface area contributed by atoms with Crippen molar-refractivity contribution < 1.29 is 19.1 Å². The third kappa shape index (κ3) is 2.51. The molecule has 7 nitrogen and oxygen atoms in total. The predicted octanol–water partition coefficient (Wildman–Crippen LogP) is 1.39. The summed E-state index contributed by atoms with van der Waals surface area (Å²) >= 11 is 0. The molecular weight excluding hydrogens is 238 g/mol. The van der Waals surface area contributed by atoms with Gasteiger partial charge < -0.3 is 14.8 Å². The summed E-state index contributed by atoms with van der Waals surface area (Å²) in [4.78, 5) is 29.3. The minimum Gasteiger partial charge on any atom is -0.476 e. The van der Waals surface area contributed by atoms with Crippen molar-refractivity contribution in [3.63, 3.8) is 0 Å². The van der Waals surface area contributed by atoms with E-state index in [-0.39, 0.29) is 17.5 Å². The molecule has 0 aliphatic carbocycles. The molecule has 92 valence electrons. The fraction of sp³-hybridized carbons (Fsp3) is 0.0909. The number of rotatable bonds is 3. The van der Waals surface area contributed by atoms with E-state index in [2.05, 4.69) is 15.3 Å². The molecule has 0 atom stereocenters. The molecule has 0 unspecified atom stereocenters. The number of nitrogens with one attached hydrogen (secondary N) is 1. The van der Waals surface area contributed by atoms with Gasteiger partial charge in [0.05, 0.1) is 0 Å². The van der Waals surface area contributed by atoms with E-state index >= 15 is 0 Å². The minimum atomic E-state index is -1.17. The van der Waals surface area contributed by atoms with Gasteiger partial charge in [-0.05, 0) is 12.1 Å². The Morgan fingerprint density at radius 1 is 1.44 bits per heavy atom. The molecule has 2 N–H and O–H groups in total. The Bertz CT molecular complexity index is 606. The molecule has 0 aliphatic heterocycles. The molecule has 0 bridgehead atoms.